The Bertz CT molecular complexity index is 7730. The number of nitrogens with zero attached hydrogens (tertiary/aromatic N) is 8. The summed E-state index contributed by atoms with van der Waals surface area (Å²) < 4.78 is 35.2. The maximum atomic E-state index is 11.4. The number of benzene rings is 14. The summed E-state index contributed by atoms with van der Waals surface area (Å²) in [4.78, 5) is 0. The zero-order chi connectivity index (χ0) is 65.9. The highest BCUT2D eigenvalue weighted by molar-refractivity contribution is 6.25. The van der Waals surface area contributed by atoms with E-state index in [0.717, 1.165) is 164 Å². The van der Waals surface area contributed by atoms with Crippen LogP contribution >= 0.6 is 0 Å². The molecule has 0 saturated carbocycles. The van der Waals surface area contributed by atoms with Gasteiger partial charge in [0, 0.05) is 86.2 Å². The number of hydrogen-bond acceptors (Lipinski definition) is 8. The van der Waals surface area contributed by atoms with E-state index in [2.05, 4.69) is 164 Å². The first-order valence-corrected chi connectivity index (χ1v) is 32.8. The molecule has 0 N–H and O–H groups in total. The topological polar surface area (TPSA) is 167 Å². The lowest BCUT2D eigenvalue weighted by atomic mass is 10.00. The van der Waals surface area contributed by atoms with Gasteiger partial charge in [0.2, 0.25) is 0 Å². The summed E-state index contributed by atoms with van der Waals surface area (Å²) in [6.07, 6.45) is 0. The third-order valence-electron chi connectivity index (χ3n) is 20.9. The van der Waals surface area contributed by atoms with Crippen LogP contribution in [0.4, 0.5) is 0 Å². The predicted molar refractivity (Wildman–Crippen MR) is 397 cm³/mol. The van der Waals surface area contributed by atoms with E-state index in [4.69, 9.17) is 17.7 Å². The van der Waals surface area contributed by atoms with E-state index < -0.39 is 0 Å². The SMILES string of the molecule is N#Cc1cc(-n2c3ccccc3c3cc4oc5ccc(-c6ccc7oc8c(ccc9c%10ccccc%10n(-c%10cc(C#N)c(-n%11c%12ccccc%12c%12ccc%13c%14ccccc%14oc%13c%12%11)cc%10C#N)c98)c7c6)cc5c4cc32)c(C#N)cc1-n1c2ccccc2c2cc3oc4ccccc4c3cc21. The van der Waals surface area contributed by atoms with Gasteiger partial charge in [0.25, 0.3) is 0 Å². The molecule has 12 nitrogen and oxygen atoms in total. The van der Waals surface area contributed by atoms with Crippen LogP contribution in [0.3, 0.4) is 0 Å². The molecule has 14 aromatic carbocycles. The Morgan fingerprint density at radius 1 is 0.210 bits per heavy atom. The van der Waals surface area contributed by atoms with Crippen LogP contribution in [0.15, 0.2) is 272 Å². The molecule has 0 bridgehead atoms. The summed E-state index contributed by atoms with van der Waals surface area (Å²) in [6.45, 7) is 0. The molecule has 0 radical (unpaired) electrons. The molecule has 0 amide bonds. The molecule has 22 aromatic rings. The van der Waals surface area contributed by atoms with E-state index >= 15 is 0 Å². The molecular weight excluding hydrogens is 1230 g/mol. The Kier molecular flexibility index (Phi) is 10.5. The van der Waals surface area contributed by atoms with Crippen LogP contribution < -0.4 is 0 Å². The maximum absolute atomic E-state index is 11.4. The fourth-order valence-corrected chi connectivity index (χ4v) is 16.6. The second-order valence-electron chi connectivity index (χ2n) is 25.9. The highest BCUT2D eigenvalue weighted by Gasteiger charge is 2.28. The first-order chi connectivity index (χ1) is 49.4. The van der Waals surface area contributed by atoms with Gasteiger partial charge in [0.1, 0.15) is 57.8 Å². The Hall–Kier alpha value is -14.6. The standard InChI is InChI=1S/C88H42N8O4/c89-43-49-36-74(50(44-90)35-73(49)93-69-19-7-3-15-55(69)63-41-83-67(39-77(63)93)58-18-6-11-23-79(58)97-83)94-70-20-8-4-16-56(70)64-42-84-68(40-78(64)94)66-34-48(25-31-81(66)98-84)47-26-32-82-65(33-47)62-30-28-60-54-14-2-10-22-72(54)96(86(60)88(62)100-82)76-38-51(45-91)75(37-52(76)46-92)95-71-21-9-1-13-53(71)59-27-29-61-57-17-5-12-24-80(57)99-87(61)85(59)95/h1-42H. The smallest absolute Gasteiger partial charge is 0.160 e. The van der Waals surface area contributed by atoms with Gasteiger partial charge in [0.15, 0.2) is 11.2 Å². The minimum atomic E-state index is 0.371. The molecule has 0 saturated heterocycles. The third kappa shape index (κ3) is 7.06. The molecule has 0 aliphatic carbocycles. The van der Waals surface area contributed by atoms with Gasteiger partial charge in [-0.2, -0.15) is 21.0 Å². The average Bonchev–Trinajstić information content (AvgIpc) is 1.57. The molecule has 8 heterocycles. The molecule has 22 rings (SSSR count). The number of hydrogen-bond donors (Lipinski definition) is 0. The van der Waals surface area contributed by atoms with Crippen molar-refractivity contribution in [3.63, 3.8) is 0 Å². The molecule has 0 spiro atoms. The molecule has 12 heteroatoms. The summed E-state index contributed by atoms with van der Waals surface area (Å²) in [5.74, 6) is 0. The number of furan rings is 4. The predicted octanol–water partition coefficient (Wildman–Crippen LogP) is 22.8. The number of fused-ring (bicyclic) bond motifs is 26. The number of rotatable bonds is 5. The fourth-order valence-electron chi connectivity index (χ4n) is 16.6. The molecule has 458 valence electrons. The van der Waals surface area contributed by atoms with Gasteiger partial charge in [-0.05, 0) is 132 Å². The quantitative estimate of drug-likeness (QED) is 0.164. The minimum absolute atomic E-state index is 0.371. The molecular formula is C88H42N8O4. The normalized spacial score (nSPS) is 12.2. The third-order valence-corrected chi connectivity index (χ3v) is 20.9. The lowest BCUT2D eigenvalue weighted by Crippen LogP contribution is -2.04. The van der Waals surface area contributed by atoms with Crippen LogP contribution in [-0.2, 0) is 0 Å². The molecule has 0 aliphatic heterocycles. The van der Waals surface area contributed by atoms with Gasteiger partial charge >= 0.3 is 0 Å². The highest BCUT2D eigenvalue weighted by atomic mass is 16.3. The van der Waals surface area contributed by atoms with Crippen LogP contribution in [0.2, 0.25) is 0 Å². The molecule has 0 atom stereocenters. The second kappa shape index (κ2) is 19.5. The summed E-state index contributed by atoms with van der Waals surface area (Å²) in [5, 5.41) is 60.6. The molecule has 0 unspecified atom stereocenters. The van der Waals surface area contributed by atoms with E-state index in [0.29, 0.717) is 67.3 Å². The lowest BCUT2D eigenvalue weighted by Gasteiger charge is -2.15. The van der Waals surface area contributed by atoms with Crippen molar-refractivity contribution < 1.29 is 17.7 Å². The van der Waals surface area contributed by atoms with Crippen LogP contribution in [0.5, 0.6) is 0 Å². The summed E-state index contributed by atoms with van der Waals surface area (Å²) in [6, 6.07) is 95.8. The van der Waals surface area contributed by atoms with Crippen LogP contribution in [0.25, 0.3) is 209 Å². The van der Waals surface area contributed by atoms with Crippen molar-refractivity contribution in [1.29, 1.82) is 21.0 Å². The molecule has 8 aromatic heterocycles. The maximum Gasteiger partial charge on any atom is 0.160 e. The van der Waals surface area contributed by atoms with Crippen LogP contribution in [0, 0.1) is 45.3 Å². The van der Waals surface area contributed by atoms with Crippen molar-refractivity contribution in [3.05, 3.63) is 277 Å². The van der Waals surface area contributed by atoms with Crippen molar-refractivity contribution in [3.8, 4) is 58.2 Å². The van der Waals surface area contributed by atoms with Gasteiger partial charge < -0.3 is 35.9 Å². The van der Waals surface area contributed by atoms with Crippen LogP contribution in [0.1, 0.15) is 22.3 Å². The van der Waals surface area contributed by atoms with Gasteiger partial charge in [-0.1, -0.05) is 133 Å². The minimum Gasteiger partial charge on any atom is -0.456 e. The van der Waals surface area contributed by atoms with Crippen molar-refractivity contribution in [1.82, 2.24) is 18.3 Å². The van der Waals surface area contributed by atoms with E-state index in [9.17, 15) is 21.0 Å². The van der Waals surface area contributed by atoms with Gasteiger partial charge in [0.05, 0.1) is 89.1 Å². The van der Waals surface area contributed by atoms with Crippen molar-refractivity contribution in [2.24, 2.45) is 0 Å². The van der Waals surface area contributed by atoms with E-state index in [1.165, 1.54) is 0 Å². The fraction of sp³-hybridized carbons (Fsp3) is 0. The molecule has 0 aliphatic rings. The summed E-state index contributed by atoms with van der Waals surface area (Å²) >= 11 is 0. The largest absolute Gasteiger partial charge is 0.456 e. The Balaban J connectivity index is 0.691. The van der Waals surface area contributed by atoms with Gasteiger partial charge in [-0.25, -0.2) is 0 Å². The lowest BCUT2D eigenvalue weighted by molar-refractivity contribution is 0.669. The van der Waals surface area contributed by atoms with E-state index in [1.54, 1.807) is 0 Å². The summed E-state index contributed by atoms with van der Waals surface area (Å²) in [7, 11) is 0. The number of aromatic nitrogens is 4. The van der Waals surface area contributed by atoms with E-state index in [-0.39, 0.29) is 0 Å². The van der Waals surface area contributed by atoms with E-state index in [1.807, 2.05) is 133 Å². The first-order valence-electron chi connectivity index (χ1n) is 32.8. The second-order valence-corrected chi connectivity index (χ2v) is 25.9. The Labute approximate surface area is 564 Å². The zero-order valence-electron chi connectivity index (χ0n) is 52.5. The van der Waals surface area contributed by atoms with Gasteiger partial charge in [-0.3, -0.25) is 0 Å². The zero-order valence-corrected chi connectivity index (χ0v) is 52.5. The number of nitriles is 4. The van der Waals surface area contributed by atoms with Gasteiger partial charge in [-0.15, -0.1) is 0 Å². The first kappa shape index (κ1) is 53.8. The Morgan fingerprint density at radius 2 is 0.520 bits per heavy atom. The summed E-state index contributed by atoms with van der Waals surface area (Å²) in [5.41, 5.74) is 18.4. The van der Waals surface area contributed by atoms with Crippen molar-refractivity contribution in [2.75, 3.05) is 0 Å². The van der Waals surface area contributed by atoms with Crippen LogP contribution in [-0.4, -0.2) is 18.3 Å². The highest BCUT2D eigenvalue weighted by Crippen LogP contribution is 2.48. The monoisotopic (exact) mass is 1270 g/mol. The Morgan fingerprint density at radius 3 is 0.970 bits per heavy atom. The van der Waals surface area contributed by atoms with Crippen molar-refractivity contribution in [2.45, 2.75) is 0 Å². The molecule has 100 heavy (non-hydrogen) atoms. The van der Waals surface area contributed by atoms with Crippen molar-refractivity contribution >= 4 is 175 Å². The number of para-hydroxylation sites is 6. The molecule has 0 fully saturated rings. The average molecular weight is 1280 g/mol.